The minimum atomic E-state index is -4.56. The summed E-state index contributed by atoms with van der Waals surface area (Å²) in [4.78, 5) is 32.9. The number of hydrogen-bond donors (Lipinski definition) is 0. The topological polar surface area (TPSA) is 77.7 Å². The van der Waals surface area contributed by atoms with E-state index in [0.717, 1.165) is 35.7 Å². The van der Waals surface area contributed by atoms with Gasteiger partial charge < -0.3 is 0 Å². The lowest BCUT2D eigenvalue weighted by Crippen LogP contribution is -2.15. The van der Waals surface area contributed by atoms with Gasteiger partial charge in [-0.3, -0.25) is 14.6 Å². The molecule has 0 unspecified atom stereocenters. The van der Waals surface area contributed by atoms with Crippen molar-refractivity contribution in [1.29, 1.82) is 0 Å². The Labute approximate surface area is 199 Å². The van der Waals surface area contributed by atoms with Crippen LogP contribution < -0.4 is 0 Å². The molecule has 1 aliphatic rings. The van der Waals surface area contributed by atoms with Gasteiger partial charge in [0.1, 0.15) is 5.78 Å². The van der Waals surface area contributed by atoms with Gasteiger partial charge in [0.2, 0.25) is 0 Å². The van der Waals surface area contributed by atoms with Crippen LogP contribution in [-0.4, -0.2) is 31.3 Å². The third kappa shape index (κ3) is 4.89. The number of aromatic nitrogens is 4. The predicted molar refractivity (Wildman–Crippen MR) is 119 cm³/mol. The smallest absolute Gasteiger partial charge is 0.300 e. The lowest BCUT2D eigenvalue weighted by atomic mass is 9.84. The van der Waals surface area contributed by atoms with E-state index < -0.39 is 11.7 Å². The summed E-state index contributed by atoms with van der Waals surface area (Å²) in [6, 6.07) is 2.72. The van der Waals surface area contributed by atoms with Gasteiger partial charge in [-0.1, -0.05) is 17.7 Å². The second kappa shape index (κ2) is 9.29. The van der Waals surface area contributed by atoms with Crippen molar-refractivity contribution >= 4 is 23.2 Å². The lowest BCUT2D eigenvalue weighted by Gasteiger charge is -2.22. The summed E-state index contributed by atoms with van der Waals surface area (Å²) in [5.74, 6) is 0.353. The quantitative estimate of drug-likeness (QED) is 0.435. The van der Waals surface area contributed by atoms with Gasteiger partial charge in [0, 0.05) is 43.3 Å². The highest BCUT2D eigenvalue weighted by atomic mass is 35.5. The van der Waals surface area contributed by atoms with E-state index >= 15 is 0 Å². The first-order chi connectivity index (χ1) is 16.0. The van der Waals surface area contributed by atoms with Crippen LogP contribution in [0.25, 0.3) is 5.82 Å². The zero-order chi connectivity index (χ0) is 24.6. The Morgan fingerprint density at radius 3 is 2.44 bits per heavy atom. The number of pyridine rings is 2. The van der Waals surface area contributed by atoms with Crippen molar-refractivity contribution in [3.63, 3.8) is 0 Å². The normalized spacial score (nSPS) is 15.1. The zero-order valence-corrected chi connectivity index (χ0v) is 19.4. The second-order valence-corrected chi connectivity index (χ2v) is 8.95. The maximum Gasteiger partial charge on any atom is 0.417 e. The largest absolute Gasteiger partial charge is 0.417 e. The number of carbonyl (C=O) groups is 2. The molecular formula is C24H22ClF3N4O2. The maximum atomic E-state index is 13.0. The van der Waals surface area contributed by atoms with Crippen LogP contribution in [0.3, 0.4) is 0 Å². The maximum absolute atomic E-state index is 13.0. The minimum Gasteiger partial charge on any atom is -0.300 e. The fourth-order valence-corrected chi connectivity index (χ4v) is 4.55. The number of halogens is 4. The molecule has 0 N–H and O–H groups in total. The monoisotopic (exact) mass is 490 g/mol. The summed E-state index contributed by atoms with van der Waals surface area (Å²) >= 11 is 6.03. The second-order valence-electron chi connectivity index (χ2n) is 8.54. The molecule has 34 heavy (non-hydrogen) atoms. The van der Waals surface area contributed by atoms with Crippen LogP contribution in [0.15, 0.2) is 30.7 Å². The minimum absolute atomic E-state index is 0.0130. The molecule has 0 bridgehead atoms. The molecule has 3 aromatic rings. The van der Waals surface area contributed by atoms with Gasteiger partial charge in [0.15, 0.2) is 11.6 Å². The van der Waals surface area contributed by atoms with Gasteiger partial charge >= 0.3 is 6.18 Å². The number of ketones is 2. The van der Waals surface area contributed by atoms with Crippen molar-refractivity contribution in [2.45, 2.75) is 58.0 Å². The van der Waals surface area contributed by atoms with Crippen LogP contribution in [0.2, 0.25) is 5.02 Å². The van der Waals surface area contributed by atoms with Crippen LogP contribution in [-0.2, 0) is 17.4 Å². The van der Waals surface area contributed by atoms with E-state index in [0.29, 0.717) is 36.1 Å². The summed E-state index contributed by atoms with van der Waals surface area (Å²) in [5, 5.41) is 3.90. The number of nitrogens with zero attached hydrogens (tertiary/aromatic N) is 4. The summed E-state index contributed by atoms with van der Waals surface area (Å²) in [6.07, 6.45) is 2.01. The van der Waals surface area contributed by atoms with Crippen molar-refractivity contribution < 1.29 is 22.8 Å². The van der Waals surface area contributed by atoms with Crippen LogP contribution in [0, 0.1) is 13.8 Å². The lowest BCUT2D eigenvalue weighted by molar-refractivity contribution is -0.137. The number of alkyl halides is 3. The van der Waals surface area contributed by atoms with Crippen LogP contribution in [0.5, 0.6) is 0 Å². The number of hydrogen-bond acceptors (Lipinski definition) is 5. The van der Waals surface area contributed by atoms with Crippen molar-refractivity contribution in [2.75, 3.05) is 0 Å². The molecule has 3 aromatic heterocycles. The molecule has 4 rings (SSSR count). The van der Waals surface area contributed by atoms with Gasteiger partial charge in [0.05, 0.1) is 28.0 Å². The molecule has 0 spiro atoms. The number of Topliss-reactive ketones (excluding diaryl/α,β-unsaturated/α-hetero) is 2. The average molecular weight is 491 g/mol. The molecule has 10 heteroatoms. The van der Waals surface area contributed by atoms with E-state index in [-0.39, 0.29) is 29.0 Å². The molecule has 1 fully saturated rings. The average Bonchev–Trinajstić information content (AvgIpc) is 3.15. The Hall–Kier alpha value is -3.07. The van der Waals surface area contributed by atoms with Gasteiger partial charge in [0.25, 0.3) is 0 Å². The Morgan fingerprint density at radius 2 is 1.82 bits per heavy atom. The fraction of sp³-hybridized carbons (Fsp3) is 0.375. The van der Waals surface area contributed by atoms with Crippen LogP contribution in [0.1, 0.15) is 70.0 Å². The fourth-order valence-electron chi connectivity index (χ4n) is 4.30. The van der Waals surface area contributed by atoms with E-state index in [4.69, 9.17) is 11.6 Å². The van der Waals surface area contributed by atoms with E-state index in [9.17, 15) is 22.8 Å². The zero-order valence-electron chi connectivity index (χ0n) is 18.6. The molecular weight excluding hydrogens is 469 g/mol. The Bertz CT molecular complexity index is 1260. The Balaban J connectivity index is 1.52. The van der Waals surface area contributed by atoms with E-state index in [1.807, 2.05) is 13.0 Å². The van der Waals surface area contributed by atoms with Crippen LogP contribution >= 0.6 is 11.6 Å². The highest BCUT2D eigenvalue weighted by Crippen LogP contribution is 2.33. The summed E-state index contributed by atoms with van der Waals surface area (Å²) in [7, 11) is 0. The van der Waals surface area contributed by atoms with Gasteiger partial charge in [-0.15, -0.1) is 0 Å². The molecule has 1 saturated carbocycles. The Kier molecular flexibility index (Phi) is 6.58. The predicted octanol–water partition coefficient (Wildman–Crippen LogP) is 5.60. The van der Waals surface area contributed by atoms with E-state index in [2.05, 4.69) is 15.1 Å². The van der Waals surface area contributed by atoms with Gasteiger partial charge in [-0.05, 0) is 43.9 Å². The number of carbonyl (C=O) groups excluding carboxylic acids is 2. The standard InChI is InChI=1S/C24H22ClF3N4O2/c1-13-7-15(10-29-22(13)16-3-5-18(33)6-4-16)8-21(34)19-12-31-32(14(19)2)23-20(25)9-17(11-30-23)24(26,27)28/h7,9-12,16H,3-6,8H2,1-2H3. The molecule has 1 aliphatic carbocycles. The van der Waals surface area contributed by atoms with Crippen molar-refractivity contribution in [3.05, 3.63) is 69.4 Å². The summed E-state index contributed by atoms with van der Waals surface area (Å²) in [6.45, 7) is 3.58. The molecule has 0 aliphatic heterocycles. The third-order valence-corrected chi connectivity index (χ3v) is 6.41. The first-order valence-electron chi connectivity index (χ1n) is 10.8. The van der Waals surface area contributed by atoms with Crippen LogP contribution in [0.4, 0.5) is 13.2 Å². The molecule has 0 radical (unpaired) electrons. The van der Waals surface area contributed by atoms with Gasteiger partial charge in [-0.2, -0.15) is 18.3 Å². The molecule has 3 heterocycles. The summed E-state index contributed by atoms with van der Waals surface area (Å²) < 4.78 is 39.9. The third-order valence-electron chi connectivity index (χ3n) is 6.13. The first kappa shape index (κ1) is 24.1. The number of rotatable bonds is 5. The molecule has 6 nitrogen and oxygen atoms in total. The number of aryl methyl sites for hydroxylation is 1. The molecule has 0 aromatic carbocycles. The van der Waals surface area contributed by atoms with E-state index in [1.165, 1.54) is 10.9 Å². The first-order valence-corrected chi connectivity index (χ1v) is 11.2. The molecule has 0 amide bonds. The molecule has 0 saturated heterocycles. The SMILES string of the molecule is Cc1cc(CC(=O)c2cnn(-c3ncc(C(F)(F)F)cc3Cl)c2C)cnc1C1CCC(=O)CC1. The Morgan fingerprint density at radius 1 is 1.12 bits per heavy atom. The van der Waals surface area contributed by atoms with Crippen molar-refractivity contribution in [1.82, 2.24) is 19.7 Å². The summed E-state index contributed by atoms with van der Waals surface area (Å²) in [5.41, 5.74) is 2.48. The van der Waals surface area contributed by atoms with Crippen molar-refractivity contribution in [3.8, 4) is 5.82 Å². The molecule has 0 atom stereocenters. The van der Waals surface area contributed by atoms with Crippen molar-refractivity contribution in [2.24, 2.45) is 0 Å². The molecule has 178 valence electrons. The van der Waals surface area contributed by atoms with Gasteiger partial charge in [-0.25, -0.2) is 9.67 Å². The highest BCUT2D eigenvalue weighted by Gasteiger charge is 2.32. The highest BCUT2D eigenvalue weighted by molar-refractivity contribution is 6.32. The van der Waals surface area contributed by atoms with E-state index in [1.54, 1.807) is 13.1 Å².